The third kappa shape index (κ3) is 2.99. The van der Waals surface area contributed by atoms with E-state index in [1.807, 2.05) is 7.11 Å². The molecule has 1 saturated heterocycles. The fourth-order valence-electron chi connectivity index (χ4n) is 2.92. The Kier molecular flexibility index (Phi) is 3.87. The lowest BCUT2D eigenvalue weighted by Gasteiger charge is -2.27. The number of ether oxygens (including phenoxy) is 1. The van der Waals surface area contributed by atoms with Crippen molar-refractivity contribution in [3.8, 4) is 0 Å². The first-order chi connectivity index (χ1) is 9.32. The molecule has 1 heterocycles. The first kappa shape index (κ1) is 13.1. The molecule has 1 aromatic carbocycles. The molecule has 19 heavy (non-hydrogen) atoms. The van der Waals surface area contributed by atoms with E-state index in [-0.39, 0.29) is 5.60 Å². The Morgan fingerprint density at radius 2 is 1.84 bits per heavy atom. The number of nitrogens with zero attached hydrogens (tertiary/aromatic N) is 1. The van der Waals surface area contributed by atoms with Crippen LogP contribution in [0.3, 0.4) is 0 Å². The molecule has 1 aliphatic carbocycles. The molecule has 3 heteroatoms. The van der Waals surface area contributed by atoms with Gasteiger partial charge in [0, 0.05) is 39.8 Å². The Bertz CT molecular complexity index is 405. The van der Waals surface area contributed by atoms with Crippen LogP contribution in [0.25, 0.3) is 0 Å². The van der Waals surface area contributed by atoms with Crippen LogP contribution in [0.5, 0.6) is 0 Å². The van der Waals surface area contributed by atoms with Gasteiger partial charge in [-0.2, -0.15) is 0 Å². The molecule has 0 spiro atoms. The van der Waals surface area contributed by atoms with Gasteiger partial charge in [0.1, 0.15) is 0 Å². The van der Waals surface area contributed by atoms with E-state index in [2.05, 4.69) is 34.5 Å². The first-order valence-electron chi connectivity index (χ1n) is 7.40. The van der Waals surface area contributed by atoms with Crippen LogP contribution in [0.2, 0.25) is 0 Å². The molecule has 2 fully saturated rings. The molecule has 0 bridgehead atoms. The molecule has 1 N–H and O–H groups in total. The highest BCUT2D eigenvalue weighted by Gasteiger charge is 2.44. The molecule has 1 aliphatic heterocycles. The summed E-state index contributed by atoms with van der Waals surface area (Å²) in [4.78, 5) is 2.54. The molecule has 0 amide bonds. The molecule has 0 atom stereocenters. The Balaban J connectivity index is 1.54. The lowest BCUT2D eigenvalue weighted by Crippen LogP contribution is -2.44. The maximum absolute atomic E-state index is 5.61. The van der Waals surface area contributed by atoms with Gasteiger partial charge in [0.2, 0.25) is 0 Å². The summed E-state index contributed by atoms with van der Waals surface area (Å²) >= 11 is 0. The van der Waals surface area contributed by atoms with Crippen molar-refractivity contribution in [2.24, 2.45) is 0 Å². The van der Waals surface area contributed by atoms with Crippen molar-refractivity contribution in [2.75, 3.05) is 39.8 Å². The smallest absolute Gasteiger partial charge is 0.0929 e. The van der Waals surface area contributed by atoms with Crippen LogP contribution in [0, 0.1) is 0 Å². The zero-order valence-electron chi connectivity index (χ0n) is 11.8. The Morgan fingerprint density at radius 3 is 2.42 bits per heavy atom. The van der Waals surface area contributed by atoms with E-state index in [9.17, 15) is 0 Å². The molecule has 1 aromatic rings. The summed E-state index contributed by atoms with van der Waals surface area (Å²) in [5.41, 5.74) is 2.84. The summed E-state index contributed by atoms with van der Waals surface area (Å²) < 4.78 is 5.61. The van der Waals surface area contributed by atoms with E-state index in [1.54, 1.807) is 0 Å². The van der Waals surface area contributed by atoms with Gasteiger partial charge in [-0.1, -0.05) is 24.3 Å². The molecule has 104 valence electrons. The minimum Gasteiger partial charge on any atom is -0.374 e. The highest BCUT2D eigenvalue weighted by atomic mass is 16.5. The number of rotatable bonds is 5. The second-order valence-corrected chi connectivity index (χ2v) is 5.74. The number of benzene rings is 1. The summed E-state index contributed by atoms with van der Waals surface area (Å²) in [6.45, 7) is 5.82. The summed E-state index contributed by atoms with van der Waals surface area (Å²) in [7, 11) is 1.82. The zero-order chi connectivity index (χ0) is 13.1. The number of methoxy groups -OCH3 is 1. The van der Waals surface area contributed by atoms with E-state index in [1.165, 1.54) is 43.6 Å². The van der Waals surface area contributed by atoms with E-state index >= 15 is 0 Å². The van der Waals surface area contributed by atoms with Crippen molar-refractivity contribution in [3.63, 3.8) is 0 Å². The molecule has 1 saturated carbocycles. The molecule has 3 nitrogen and oxygen atoms in total. The number of piperazine rings is 1. The van der Waals surface area contributed by atoms with Gasteiger partial charge in [-0.15, -0.1) is 0 Å². The second-order valence-electron chi connectivity index (χ2n) is 5.74. The van der Waals surface area contributed by atoms with Gasteiger partial charge < -0.3 is 15.0 Å². The van der Waals surface area contributed by atoms with Crippen LogP contribution in [0.1, 0.15) is 24.0 Å². The molecule has 0 unspecified atom stereocenters. The third-order valence-electron chi connectivity index (χ3n) is 4.50. The highest BCUT2D eigenvalue weighted by Crippen LogP contribution is 2.48. The predicted molar refractivity (Wildman–Crippen MR) is 77.4 cm³/mol. The highest BCUT2D eigenvalue weighted by molar-refractivity contribution is 5.31. The number of nitrogens with one attached hydrogen (secondary N) is 1. The zero-order valence-corrected chi connectivity index (χ0v) is 11.8. The van der Waals surface area contributed by atoms with Crippen molar-refractivity contribution >= 4 is 0 Å². The van der Waals surface area contributed by atoms with Gasteiger partial charge in [0.25, 0.3) is 0 Å². The van der Waals surface area contributed by atoms with E-state index in [4.69, 9.17) is 4.74 Å². The van der Waals surface area contributed by atoms with E-state index < -0.39 is 0 Å². The fraction of sp³-hybridized carbons (Fsp3) is 0.625. The SMILES string of the molecule is COC1(c2ccc(CCN3CCNCC3)cc2)CC1. The maximum Gasteiger partial charge on any atom is 0.0929 e. The van der Waals surface area contributed by atoms with E-state index in [0.29, 0.717) is 0 Å². The Morgan fingerprint density at radius 1 is 1.16 bits per heavy atom. The normalized spacial score (nSPS) is 22.4. The van der Waals surface area contributed by atoms with Gasteiger partial charge >= 0.3 is 0 Å². The fourth-order valence-corrected chi connectivity index (χ4v) is 2.92. The molecule has 2 aliphatic rings. The topological polar surface area (TPSA) is 24.5 Å². The minimum absolute atomic E-state index is 0.0526. The van der Waals surface area contributed by atoms with Crippen LogP contribution in [-0.4, -0.2) is 44.7 Å². The van der Waals surface area contributed by atoms with Crippen LogP contribution in [0.4, 0.5) is 0 Å². The Hall–Kier alpha value is -0.900. The van der Waals surface area contributed by atoms with Crippen LogP contribution < -0.4 is 5.32 Å². The van der Waals surface area contributed by atoms with Gasteiger partial charge in [0.15, 0.2) is 0 Å². The number of hydrogen-bond donors (Lipinski definition) is 1. The quantitative estimate of drug-likeness (QED) is 0.873. The molecule has 0 radical (unpaired) electrons. The largest absolute Gasteiger partial charge is 0.374 e. The predicted octanol–water partition coefficient (Wildman–Crippen LogP) is 1.77. The maximum atomic E-state index is 5.61. The lowest BCUT2D eigenvalue weighted by molar-refractivity contribution is 0.0789. The van der Waals surface area contributed by atoms with Crippen molar-refractivity contribution in [1.29, 1.82) is 0 Å². The Labute approximate surface area is 115 Å². The molecule has 3 rings (SSSR count). The third-order valence-corrected chi connectivity index (χ3v) is 4.50. The second kappa shape index (κ2) is 5.61. The van der Waals surface area contributed by atoms with Crippen molar-refractivity contribution in [3.05, 3.63) is 35.4 Å². The molecular weight excluding hydrogens is 236 g/mol. The van der Waals surface area contributed by atoms with Crippen molar-refractivity contribution < 1.29 is 4.74 Å². The van der Waals surface area contributed by atoms with Crippen LogP contribution in [-0.2, 0) is 16.8 Å². The van der Waals surface area contributed by atoms with E-state index in [0.717, 1.165) is 19.5 Å². The van der Waals surface area contributed by atoms with Gasteiger partial charge in [-0.25, -0.2) is 0 Å². The summed E-state index contributed by atoms with van der Waals surface area (Å²) in [6, 6.07) is 9.06. The molecule has 0 aromatic heterocycles. The lowest BCUT2D eigenvalue weighted by atomic mass is 10.0. The summed E-state index contributed by atoms with van der Waals surface area (Å²) in [5.74, 6) is 0. The average Bonchev–Trinajstić information content (AvgIpc) is 3.28. The van der Waals surface area contributed by atoms with Gasteiger partial charge in [-0.3, -0.25) is 0 Å². The van der Waals surface area contributed by atoms with Crippen LogP contribution in [0.15, 0.2) is 24.3 Å². The average molecular weight is 260 g/mol. The van der Waals surface area contributed by atoms with Gasteiger partial charge in [-0.05, 0) is 30.4 Å². The minimum atomic E-state index is 0.0526. The first-order valence-corrected chi connectivity index (χ1v) is 7.40. The van der Waals surface area contributed by atoms with Crippen LogP contribution >= 0.6 is 0 Å². The summed E-state index contributed by atoms with van der Waals surface area (Å²) in [5, 5.41) is 3.39. The van der Waals surface area contributed by atoms with Crippen molar-refractivity contribution in [1.82, 2.24) is 10.2 Å². The van der Waals surface area contributed by atoms with Gasteiger partial charge in [0.05, 0.1) is 5.60 Å². The standard InChI is InChI=1S/C16H24N2O/c1-19-16(7-8-16)15-4-2-14(3-5-15)6-11-18-12-9-17-10-13-18/h2-5,17H,6-13H2,1H3. The monoisotopic (exact) mass is 260 g/mol. The number of hydrogen-bond acceptors (Lipinski definition) is 3. The summed E-state index contributed by atoms with van der Waals surface area (Å²) in [6.07, 6.45) is 3.49. The molecular formula is C16H24N2O. The van der Waals surface area contributed by atoms with Crippen molar-refractivity contribution in [2.45, 2.75) is 24.9 Å².